The van der Waals surface area contributed by atoms with Gasteiger partial charge in [0.25, 0.3) is 5.91 Å². The van der Waals surface area contributed by atoms with Gasteiger partial charge in [-0.3, -0.25) is 9.59 Å². The molecule has 0 aliphatic carbocycles. The molecular weight excluding hydrogens is 288 g/mol. The number of amides is 1. The third-order valence-corrected chi connectivity index (χ3v) is 4.15. The number of aryl methyl sites for hydroxylation is 2. The second-order valence-electron chi connectivity index (χ2n) is 4.66. The molecule has 1 heterocycles. The number of carbonyl (C=O) groups excluding carboxylic acids is 1. The number of carbonyl (C=O) groups is 2. The second kappa shape index (κ2) is 6.49. The van der Waals surface area contributed by atoms with Crippen LogP contribution in [0.25, 0.3) is 0 Å². The number of benzene rings is 1. The Bertz CT molecular complexity index is 652. The largest absolute Gasteiger partial charge is 0.481 e. The van der Waals surface area contributed by atoms with Crippen LogP contribution >= 0.6 is 11.3 Å². The summed E-state index contributed by atoms with van der Waals surface area (Å²) < 4.78 is 0. The van der Waals surface area contributed by atoms with Crippen molar-refractivity contribution in [2.75, 3.05) is 6.54 Å². The van der Waals surface area contributed by atoms with E-state index in [1.54, 1.807) is 31.2 Å². The Hall–Kier alpha value is -2.21. The van der Waals surface area contributed by atoms with Gasteiger partial charge in [-0.15, -0.1) is 11.3 Å². The normalized spacial score (nSPS) is 11.9. The Morgan fingerprint density at radius 3 is 2.48 bits per heavy atom. The quantitative estimate of drug-likeness (QED) is 0.888. The maximum Gasteiger partial charge on any atom is 0.312 e. The van der Waals surface area contributed by atoms with Crippen LogP contribution in [0.5, 0.6) is 0 Å². The Balaban J connectivity index is 2.08. The molecule has 21 heavy (non-hydrogen) atoms. The molecule has 1 aromatic carbocycles. The van der Waals surface area contributed by atoms with E-state index >= 15 is 0 Å². The Kier molecular flexibility index (Phi) is 4.70. The third kappa shape index (κ3) is 3.66. The molecule has 2 aromatic rings. The fourth-order valence-electron chi connectivity index (χ4n) is 2.05. The van der Waals surface area contributed by atoms with E-state index in [1.807, 2.05) is 13.0 Å². The van der Waals surface area contributed by atoms with Gasteiger partial charge >= 0.3 is 5.97 Å². The topological polar surface area (TPSA) is 79.3 Å². The summed E-state index contributed by atoms with van der Waals surface area (Å²) in [6.45, 7) is 3.65. The number of carboxylic acid groups (broad SMARTS) is 1. The highest BCUT2D eigenvalue weighted by molar-refractivity contribution is 7.13. The first-order valence-electron chi connectivity index (χ1n) is 6.49. The molecule has 0 fully saturated rings. The number of aromatic nitrogens is 1. The van der Waals surface area contributed by atoms with Gasteiger partial charge in [0.05, 0.1) is 16.6 Å². The van der Waals surface area contributed by atoms with E-state index in [4.69, 9.17) is 0 Å². The van der Waals surface area contributed by atoms with Gasteiger partial charge in [-0.2, -0.15) is 0 Å². The van der Waals surface area contributed by atoms with Crippen molar-refractivity contribution in [2.24, 2.45) is 0 Å². The highest BCUT2D eigenvalue weighted by atomic mass is 32.1. The third-order valence-electron chi connectivity index (χ3n) is 3.08. The molecule has 1 atom stereocenters. The second-order valence-corrected chi connectivity index (χ2v) is 5.86. The summed E-state index contributed by atoms with van der Waals surface area (Å²) in [6.07, 6.45) is 0. The minimum atomic E-state index is -0.960. The van der Waals surface area contributed by atoms with Gasteiger partial charge in [0.2, 0.25) is 0 Å². The highest BCUT2D eigenvalue weighted by Gasteiger charge is 2.22. The van der Waals surface area contributed by atoms with Gasteiger partial charge in [0, 0.05) is 6.54 Å². The summed E-state index contributed by atoms with van der Waals surface area (Å²) in [5, 5.41) is 12.8. The van der Waals surface area contributed by atoms with E-state index in [1.165, 1.54) is 11.3 Å². The number of carboxylic acids is 1. The molecule has 110 valence electrons. The SMILES string of the molecule is Cc1nc(C)c(C(=O)NCC(C(=O)O)c2ccccc2)s1. The van der Waals surface area contributed by atoms with E-state index in [9.17, 15) is 14.7 Å². The Morgan fingerprint density at radius 1 is 1.29 bits per heavy atom. The van der Waals surface area contributed by atoms with Crippen LogP contribution in [0.15, 0.2) is 30.3 Å². The molecular formula is C15H16N2O3S. The first-order valence-corrected chi connectivity index (χ1v) is 7.30. The van der Waals surface area contributed by atoms with E-state index in [0.29, 0.717) is 16.1 Å². The first kappa shape index (κ1) is 15.2. The lowest BCUT2D eigenvalue weighted by Gasteiger charge is -2.13. The van der Waals surface area contributed by atoms with Crippen LogP contribution in [-0.2, 0) is 4.79 Å². The molecule has 2 rings (SSSR count). The molecule has 0 aliphatic rings. The van der Waals surface area contributed by atoms with Crippen molar-refractivity contribution in [2.45, 2.75) is 19.8 Å². The maximum atomic E-state index is 12.1. The number of rotatable bonds is 5. The molecule has 0 saturated heterocycles. The zero-order valence-corrected chi connectivity index (χ0v) is 12.6. The summed E-state index contributed by atoms with van der Waals surface area (Å²) in [5.41, 5.74) is 1.34. The van der Waals surface area contributed by atoms with Crippen LogP contribution in [0.4, 0.5) is 0 Å². The molecule has 1 unspecified atom stereocenters. The summed E-state index contributed by atoms with van der Waals surface area (Å²) in [6, 6.07) is 8.87. The minimum absolute atomic E-state index is 0.0502. The number of aliphatic carboxylic acids is 1. The number of nitrogens with one attached hydrogen (secondary N) is 1. The van der Waals surface area contributed by atoms with Crippen molar-refractivity contribution in [3.8, 4) is 0 Å². The molecule has 0 aliphatic heterocycles. The van der Waals surface area contributed by atoms with Crippen LogP contribution in [-0.4, -0.2) is 28.5 Å². The molecule has 0 bridgehead atoms. The average Bonchev–Trinajstić information content (AvgIpc) is 2.78. The van der Waals surface area contributed by atoms with Crippen LogP contribution < -0.4 is 5.32 Å². The van der Waals surface area contributed by atoms with Gasteiger partial charge in [-0.05, 0) is 19.4 Å². The average molecular weight is 304 g/mol. The smallest absolute Gasteiger partial charge is 0.312 e. The summed E-state index contributed by atoms with van der Waals surface area (Å²) >= 11 is 1.31. The Morgan fingerprint density at radius 2 is 1.95 bits per heavy atom. The summed E-state index contributed by atoms with van der Waals surface area (Å²) in [5.74, 6) is -2.00. The van der Waals surface area contributed by atoms with E-state index < -0.39 is 11.9 Å². The number of hydrogen-bond acceptors (Lipinski definition) is 4. The van der Waals surface area contributed by atoms with Crippen LogP contribution in [0, 0.1) is 13.8 Å². The number of hydrogen-bond donors (Lipinski definition) is 2. The van der Waals surface area contributed by atoms with Gasteiger partial charge in [-0.25, -0.2) is 4.98 Å². The van der Waals surface area contributed by atoms with E-state index in [-0.39, 0.29) is 12.5 Å². The lowest BCUT2D eigenvalue weighted by molar-refractivity contribution is -0.138. The van der Waals surface area contributed by atoms with Crippen LogP contribution in [0.2, 0.25) is 0 Å². The molecule has 1 aromatic heterocycles. The van der Waals surface area contributed by atoms with Crippen LogP contribution in [0.1, 0.15) is 31.9 Å². The molecule has 6 heteroatoms. The fraction of sp³-hybridized carbons (Fsp3) is 0.267. The molecule has 0 saturated carbocycles. The van der Waals surface area contributed by atoms with Gasteiger partial charge in [-0.1, -0.05) is 30.3 Å². The predicted octanol–water partition coefficient (Wildman–Crippen LogP) is 2.36. The molecule has 1 amide bonds. The number of nitrogens with zero attached hydrogens (tertiary/aromatic N) is 1. The zero-order chi connectivity index (χ0) is 15.4. The van der Waals surface area contributed by atoms with Gasteiger partial charge in [0.1, 0.15) is 4.88 Å². The predicted molar refractivity (Wildman–Crippen MR) is 80.7 cm³/mol. The van der Waals surface area contributed by atoms with Gasteiger partial charge in [0.15, 0.2) is 0 Å². The van der Waals surface area contributed by atoms with Crippen LogP contribution in [0.3, 0.4) is 0 Å². The maximum absolute atomic E-state index is 12.1. The van der Waals surface area contributed by atoms with Crippen molar-refractivity contribution < 1.29 is 14.7 Å². The van der Waals surface area contributed by atoms with Gasteiger partial charge < -0.3 is 10.4 Å². The molecule has 5 nitrogen and oxygen atoms in total. The monoisotopic (exact) mass is 304 g/mol. The van der Waals surface area contributed by atoms with Crippen molar-refractivity contribution in [3.63, 3.8) is 0 Å². The standard InChI is InChI=1S/C15H16N2O3S/c1-9-13(21-10(2)17-9)14(18)16-8-12(15(19)20)11-6-4-3-5-7-11/h3-7,12H,8H2,1-2H3,(H,16,18)(H,19,20). The Labute approximate surface area is 126 Å². The highest BCUT2D eigenvalue weighted by Crippen LogP contribution is 2.18. The van der Waals surface area contributed by atoms with Crippen molar-refractivity contribution in [3.05, 3.63) is 51.5 Å². The lowest BCUT2D eigenvalue weighted by Crippen LogP contribution is -2.31. The zero-order valence-electron chi connectivity index (χ0n) is 11.8. The lowest BCUT2D eigenvalue weighted by atomic mass is 9.99. The van der Waals surface area contributed by atoms with E-state index in [2.05, 4.69) is 10.3 Å². The van der Waals surface area contributed by atoms with Crippen molar-refractivity contribution in [1.82, 2.24) is 10.3 Å². The fourth-order valence-corrected chi connectivity index (χ4v) is 2.89. The van der Waals surface area contributed by atoms with Crippen molar-refractivity contribution >= 4 is 23.2 Å². The van der Waals surface area contributed by atoms with E-state index in [0.717, 1.165) is 5.01 Å². The van der Waals surface area contributed by atoms with Crippen molar-refractivity contribution in [1.29, 1.82) is 0 Å². The summed E-state index contributed by atoms with van der Waals surface area (Å²) in [7, 11) is 0. The number of thiazole rings is 1. The minimum Gasteiger partial charge on any atom is -0.481 e. The molecule has 0 radical (unpaired) electrons. The first-order chi connectivity index (χ1) is 9.99. The summed E-state index contributed by atoms with van der Waals surface area (Å²) in [4.78, 5) is 28.2. The molecule has 0 spiro atoms. The molecule has 2 N–H and O–H groups in total.